The van der Waals surface area contributed by atoms with Crippen molar-refractivity contribution in [2.45, 2.75) is 6.43 Å². The molecule has 0 aliphatic carbocycles. The number of alkyl halides is 2. The molecule has 1 aromatic heterocycles. The zero-order valence-corrected chi connectivity index (χ0v) is 9.99. The number of halogens is 2. The number of carbonyl (C=O) groups is 1. The first-order chi connectivity index (χ1) is 9.50. The molecule has 7 heteroatoms. The van der Waals surface area contributed by atoms with E-state index in [4.69, 9.17) is 0 Å². The van der Waals surface area contributed by atoms with Gasteiger partial charge in [-0.05, 0) is 18.2 Å². The summed E-state index contributed by atoms with van der Waals surface area (Å²) in [7, 11) is 0. The minimum atomic E-state index is -2.97. The number of aromatic nitrogens is 1. The number of nitro groups is 1. The Hall–Kier alpha value is -2.70. The van der Waals surface area contributed by atoms with Crippen LogP contribution in [0.3, 0.4) is 0 Å². The molecule has 0 atom stereocenters. The van der Waals surface area contributed by atoms with E-state index in [9.17, 15) is 23.7 Å². The van der Waals surface area contributed by atoms with Gasteiger partial charge in [-0.3, -0.25) is 19.9 Å². The van der Waals surface area contributed by atoms with Crippen LogP contribution in [0.4, 0.5) is 14.5 Å². The van der Waals surface area contributed by atoms with Crippen LogP contribution in [0.2, 0.25) is 0 Å². The second kappa shape index (κ2) is 5.52. The zero-order valence-electron chi connectivity index (χ0n) is 9.99. The molecule has 1 aromatic carbocycles. The maximum atomic E-state index is 12.6. The molecule has 0 N–H and O–H groups in total. The Labute approximate surface area is 112 Å². The van der Waals surface area contributed by atoms with Crippen LogP contribution < -0.4 is 0 Å². The monoisotopic (exact) mass is 278 g/mol. The molecule has 2 rings (SSSR count). The third-order valence-electron chi connectivity index (χ3n) is 2.67. The molecule has 20 heavy (non-hydrogen) atoms. The predicted octanol–water partition coefficient (Wildman–Crippen LogP) is 3.16. The van der Waals surface area contributed by atoms with E-state index in [1.54, 1.807) is 0 Å². The average Bonchev–Trinajstić information content (AvgIpc) is 2.46. The molecule has 0 aliphatic rings. The van der Waals surface area contributed by atoms with E-state index >= 15 is 0 Å². The van der Waals surface area contributed by atoms with Gasteiger partial charge in [0.2, 0.25) is 0 Å². The summed E-state index contributed by atoms with van der Waals surface area (Å²) in [5.41, 5.74) is -1.22. The lowest BCUT2D eigenvalue weighted by atomic mass is 10.0. The summed E-state index contributed by atoms with van der Waals surface area (Å²) in [6.07, 6.45) is -0.176. The number of nitrogens with zero attached hydrogens (tertiary/aromatic N) is 2. The molecule has 0 saturated heterocycles. The molecule has 0 amide bonds. The fraction of sp³-hybridized carbons (Fsp3) is 0.0769. The number of rotatable bonds is 4. The largest absolute Gasteiger partial charge is 0.289 e. The predicted molar refractivity (Wildman–Crippen MR) is 65.7 cm³/mol. The summed E-state index contributed by atoms with van der Waals surface area (Å²) in [5.74, 6) is -0.490. The third-order valence-corrected chi connectivity index (χ3v) is 2.67. The van der Waals surface area contributed by atoms with Crippen LogP contribution in [0.15, 0.2) is 42.7 Å². The number of hydrogen-bond donors (Lipinski definition) is 0. The SMILES string of the molecule is O=C(c1ccncc1)c1ccc(C(F)F)c([N+](=O)[O-])c1. The van der Waals surface area contributed by atoms with Crippen LogP contribution in [-0.4, -0.2) is 15.7 Å². The Bertz CT molecular complexity index is 660. The van der Waals surface area contributed by atoms with E-state index in [1.165, 1.54) is 24.5 Å². The van der Waals surface area contributed by atoms with Crippen molar-refractivity contribution in [3.8, 4) is 0 Å². The van der Waals surface area contributed by atoms with E-state index < -0.39 is 28.4 Å². The Morgan fingerprint density at radius 3 is 2.35 bits per heavy atom. The summed E-state index contributed by atoms with van der Waals surface area (Å²) in [5, 5.41) is 10.8. The standard InChI is InChI=1S/C13H8F2N2O3/c14-13(15)10-2-1-9(7-11(10)17(19)20)12(18)8-3-5-16-6-4-8/h1-7,13H. The molecule has 102 valence electrons. The summed E-state index contributed by atoms with van der Waals surface area (Å²) in [6.45, 7) is 0. The first-order valence-corrected chi connectivity index (χ1v) is 5.52. The third kappa shape index (κ3) is 2.66. The Kier molecular flexibility index (Phi) is 3.79. The van der Waals surface area contributed by atoms with Crippen LogP contribution in [0, 0.1) is 10.1 Å². The topological polar surface area (TPSA) is 73.1 Å². The molecule has 0 unspecified atom stereocenters. The fourth-order valence-electron chi connectivity index (χ4n) is 1.70. The van der Waals surface area contributed by atoms with E-state index in [2.05, 4.69) is 4.98 Å². The van der Waals surface area contributed by atoms with Crippen LogP contribution >= 0.6 is 0 Å². The minimum Gasteiger partial charge on any atom is -0.289 e. The van der Waals surface area contributed by atoms with Crippen molar-refractivity contribution in [3.63, 3.8) is 0 Å². The number of carbonyl (C=O) groups excluding carboxylic acids is 1. The normalized spacial score (nSPS) is 10.6. The highest BCUT2D eigenvalue weighted by atomic mass is 19.3. The Morgan fingerprint density at radius 2 is 1.80 bits per heavy atom. The van der Waals surface area contributed by atoms with E-state index in [1.807, 2.05) is 0 Å². The van der Waals surface area contributed by atoms with Crippen LogP contribution in [-0.2, 0) is 0 Å². The molecular weight excluding hydrogens is 270 g/mol. The van der Waals surface area contributed by atoms with Gasteiger partial charge in [0.05, 0.1) is 10.5 Å². The maximum absolute atomic E-state index is 12.6. The van der Waals surface area contributed by atoms with Crippen molar-refractivity contribution in [2.75, 3.05) is 0 Å². The van der Waals surface area contributed by atoms with Crippen molar-refractivity contribution in [2.24, 2.45) is 0 Å². The zero-order chi connectivity index (χ0) is 14.7. The van der Waals surface area contributed by atoms with Gasteiger partial charge in [0, 0.05) is 29.6 Å². The molecule has 1 heterocycles. The average molecular weight is 278 g/mol. The van der Waals surface area contributed by atoms with Gasteiger partial charge in [-0.25, -0.2) is 8.78 Å². The maximum Gasteiger partial charge on any atom is 0.279 e. The Balaban J connectivity index is 2.47. The number of ketones is 1. The van der Waals surface area contributed by atoms with Gasteiger partial charge in [-0.2, -0.15) is 0 Å². The van der Waals surface area contributed by atoms with Crippen molar-refractivity contribution >= 4 is 11.5 Å². The molecule has 0 fully saturated rings. The number of pyridine rings is 1. The molecule has 5 nitrogen and oxygen atoms in total. The summed E-state index contributed by atoms with van der Waals surface area (Å²) < 4.78 is 25.3. The van der Waals surface area contributed by atoms with Crippen molar-refractivity contribution < 1.29 is 18.5 Å². The van der Waals surface area contributed by atoms with Crippen LogP contribution in [0.1, 0.15) is 27.9 Å². The molecular formula is C13H8F2N2O3. The summed E-state index contributed by atoms with van der Waals surface area (Å²) in [4.78, 5) is 25.7. The van der Waals surface area contributed by atoms with Crippen molar-refractivity contribution in [3.05, 3.63) is 69.5 Å². The van der Waals surface area contributed by atoms with Gasteiger partial charge in [-0.15, -0.1) is 0 Å². The molecule has 2 aromatic rings. The summed E-state index contributed by atoms with van der Waals surface area (Å²) >= 11 is 0. The van der Waals surface area contributed by atoms with Gasteiger partial charge < -0.3 is 0 Å². The minimum absolute atomic E-state index is 0.0210. The number of hydrogen-bond acceptors (Lipinski definition) is 4. The van der Waals surface area contributed by atoms with Crippen molar-refractivity contribution in [1.29, 1.82) is 0 Å². The van der Waals surface area contributed by atoms with Gasteiger partial charge in [0.25, 0.3) is 12.1 Å². The molecule has 0 radical (unpaired) electrons. The van der Waals surface area contributed by atoms with Gasteiger partial charge in [0.15, 0.2) is 5.78 Å². The lowest BCUT2D eigenvalue weighted by Crippen LogP contribution is -2.04. The smallest absolute Gasteiger partial charge is 0.279 e. The molecule has 0 bridgehead atoms. The molecule has 0 aliphatic heterocycles. The highest BCUT2D eigenvalue weighted by molar-refractivity contribution is 6.09. The second-order valence-electron chi connectivity index (χ2n) is 3.90. The first kappa shape index (κ1) is 13.7. The lowest BCUT2D eigenvalue weighted by Gasteiger charge is -2.05. The van der Waals surface area contributed by atoms with E-state index in [0.717, 1.165) is 18.2 Å². The fourth-order valence-corrected chi connectivity index (χ4v) is 1.70. The van der Waals surface area contributed by atoms with Gasteiger partial charge in [0.1, 0.15) is 0 Å². The number of benzene rings is 1. The quantitative estimate of drug-likeness (QED) is 0.489. The second-order valence-corrected chi connectivity index (χ2v) is 3.90. The van der Waals surface area contributed by atoms with Crippen LogP contribution in [0.25, 0.3) is 0 Å². The highest BCUT2D eigenvalue weighted by Crippen LogP contribution is 2.30. The summed E-state index contributed by atoms with van der Waals surface area (Å²) in [6, 6.07) is 5.79. The van der Waals surface area contributed by atoms with E-state index in [0.29, 0.717) is 0 Å². The first-order valence-electron chi connectivity index (χ1n) is 5.52. The Morgan fingerprint density at radius 1 is 1.15 bits per heavy atom. The van der Waals surface area contributed by atoms with Gasteiger partial charge >= 0.3 is 0 Å². The van der Waals surface area contributed by atoms with E-state index in [-0.39, 0.29) is 11.1 Å². The lowest BCUT2D eigenvalue weighted by molar-refractivity contribution is -0.386. The van der Waals surface area contributed by atoms with Crippen molar-refractivity contribution in [1.82, 2.24) is 4.98 Å². The van der Waals surface area contributed by atoms with Gasteiger partial charge in [-0.1, -0.05) is 6.07 Å². The number of nitro benzene ring substituents is 1. The highest BCUT2D eigenvalue weighted by Gasteiger charge is 2.23. The van der Waals surface area contributed by atoms with Crippen LogP contribution in [0.5, 0.6) is 0 Å². The molecule has 0 spiro atoms. The molecule has 0 saturated carbocycles.